The number of halogens is 4. The van der Waals surface area contributed by atoms with E-state index in [4.69, 9.17) is 0 Å². The van der Waals surface area contributed by atoms with Gasteiger partial charge in [0.15, 0.2) is 0 Å². The SMILES string of the molecule is Cc1ccc2c(c1)C(C)(C)C(=CC=C1CCC(=C/C=C3/N(C)c4ccc(C)cc4C3(C)C)C1=[N+](C)C)N2C.FB(F)F.[F-]. The zero-order valence-corrected chi connectivity index (χ0v) is 27.1. The van der Waals surface area contributed by atoms with Gasteiger partial charge in [-0.1, -0.05) is 75.2 Å². The normalized spacial score (nSPS) is 21.7. The van der Waals surface area contributed by atoms with Crippen molar-refractivity contribution in [1.29, 1.82) is 0 Å². The Balaban J connectivity index is 0.000000954. The molecule has 3 aliphatic rings. The summed E-state index contributed by atoms with van der Waals surface area (Å²) in [5.74, 6) is 0. The number of allylic oxidation sites excluding steroid dienone is 8. The van der Waals surface area contributed by atoms with Crippen molar-refractivity contribution in [2.75, 3.05) is 38.0 Å². The van der Waals surface area contributed by atoms with E-state index in [9.17, 15) is 12.9 Å². The van der Waals surface area contributed by atoms with Gasteiger partial charge in [-0.2, -0.15) is 0 Å². The van der Waals surface area contributed by atoms with E-state index in [1.54, 1.807) is 0 Å². The molecule has 0 N–H and O–H groups in total. The third kappa shape index (κ3) is 6.39. The molecule has 1 saturated carbocycles. The lowest BCUT2D eigenvalue weighted by atomic mass is 9.83. The summed E-state index contributed by atoms with van der Waals surface area (Å²) < 4.78 is 31.3. The monoisotopic (exact) mass is 593 g/mol. The van der Waals surface area contributed by atoms with Gasteiger partial charge >= 0.3 is 7.54 Å². The molecule has 0 bridgehead atoms. The van der Waals surface area contributed by atoms with E-state index >= 15 is 0 Å². The fourth-order valence-electron chi connectivity index (χ4n) is 6.87. The van der Waals surface area contributed by atoms with Gasteiger partial charge in [-0.25, -0.2) is 4.58 Å². The second-order valence-electron chi connectivity index (χ2n) is 12.9. The summed E-state index contributed by atoms with van der Waals surface area (Å²) in [6.07, 6.45) is 11.6. The molecule has 8 heteroatoms. The molecule has 5 rings (SSSR count). The van der Waals surface area contributed by atoms with E-state index in [-0.39, 0.29) is 15.5 Å². The summed E-state index contributed by atoms with van der Waals surface area (Å²) in [5, 5.41) is 0. The molecule has 0 aromatic heterocycles. The van der Waals surface area contributed by atoms with Crippen molar-refractivity contribution in [3.8, 4) is 0 Å². The Morgan fingerprint density at radius 2 is 1.05 bits per heavy atom. The van der Waals surface area contributed by atoms with Crippen molar-refractivity contribution in [3.63, 3.8) is 0 Å². The first-order valence-electron chi connectivity index (χ1n) is 14.6. The molecule has 0 radical (unpaired) electrons. The number of aryl methyl sites for hydroxylation is 2. The summed E-state index contributed by atoms with van der Waals surface area (Å²) in [7, 11) is 5.10. The summed E-state index contributed by atoms with van der Waals surface area (Å²) in [6, 6.07) is 13.7. The number of hydrogen-bond acceptors (Lipinski definition) is 2. The minimum absolute atomic E-state index is 0. The van der Waals surface area contributed by atoms with Crippen LogP contribution < -0.4 is 14.5 Å². The number of anilines is 2. The average molecular weight is 594 g/mol. The first kappa shape index (κ1) is 34.0. The van der Waals surface area contributed by atoms with Crippen molar-refractivity contribution in [2.24, 2.45) is 0 Å². The molecule has 0 amide bonds. The summed E-state index contributed by atoms with van der Waals surface area (Å²) >= 11 is 0. The quantitative estimate of drug-likeness (QED) is 0.260. The van der Waals surface area contributed by atoms with Crippen LogP contribution in [0.15, 0.2) is 83.2 Å². The van der Waals surface area contributed by atoms with E-state index in [1.165, 1.54) is 61.9 Å². The molecule has 43 heavy (non-hydrogen) atoms. The summed E-state index contributed by atoms with van der Waals surface area (Å²) in [5.41, 5.74) is 15.0. The fraction of sp³-hybridized carbons (Fsp3) is 0.400. The van der Waals surface area contributed by atoms with Gasteiger partial charge in [-0.15, -0.1) is 0 Å². The minimum Gasteiger partial charge on any atom is -1.00 e. The highest BCUT2D eigenvalue weighted by Crippen LogP contribution is 2.48. The predicted octanol–water partition coefficient (Wildman–Crippen LogP) is 5.47. The Hall–Kier alpha value is -3.55. The zero-order chi connectivity index (χ0) is 31.1. The largest absolute Gasteiger partial charge is 1.00 e. The summed E-state index contributed by atoms with van der Waals surface area (Å²) in [4.78, 5) is 4.74. The van der Waals surface area contributed by atoms with Gasteiger partial charge < -0.3 is 14.5 Å². The minimum atomic E-state index is -3.67. The lowest BCUT2D eigenvalue weighted by Gasteiger charge is -2.24. The fourth-order valence-corrected chi connectivity index (χ4v) is 6.87. The maximum atomic E-state index is 9.67. The average Bonchev–Trinajstić information content (AvgIpc) is 3.44. The molecule has 0 spiro atoms. The number of rotatable bonds is 2. The first-order chi connectivity index (χ1) is 19.6. The van der Waals surface area contributed by atoms with Crippen molar-refractivity contribution in [2.45, 2.75) is 65.2 Å². The molecule has 2 aliphatic heterocycles. The van der Waals surface area contributed by atoms with Crippen molar-refractivity contribution >= 4 is 24.6 Å². The standard InChI is InChI=1S/C35H44N3.BF3.FH/c1-23-11-17-29-27(21-23)34(3,4)31(37(29)9)19-15-25-13-14-26(33(25)36(7)8)16-20-32-35(5,6)28-22-24(2)12-18-30(28)38(32)10;2-1(3)4;/h11-12,15-22H,13-14H2,1-10H3;;1H/q+1;;/p-1. The topological polar surface area (TPSA) is 9.49 Å². The highest BCUT2D eigenvalue weighted by molar-refractivity contribution is 6.33. The van der Waals surface area contributed by atoms with Crippen LogP contribution in [0.25, 0.3) is 0 Å². The number of nitrogens with zero attached hydrogens (tertiary/aromatic N) is 3. The van der Waals surface area contributed by atoms with Crippen LogP contribution in [0.1, 0.15) is 62.8 Å². The van der Waals surface area contributed by atoms with Crippen LogP contribution in [0.2, 0.25) is 0 Å². The van der Waals surface area contributed by atoms with Crippen LogP contribution in [0.4, 0.5) is 24.3 Å². The molecule has 1 aliphatic carbocycles. The Morgan fingerprint density at radius 3 is 1.37 bits per heavy atom. The number of fused-ring (bicyclic) bond motifs is 2. The molecule has 230 valence electrons. The van der Waals surface area contributed by atoms with E-state index in [0.29, 0.717) is 0 Å². The van der Waals surface area contributed by atoms with E-state index < -0.39 is 7.54 Å². The Kier molecular flexibility index (Phi) is 9.94. The second kappa shape index (κ2) is 12.6. The highest BCUT2D eigenvalue weighted by atomic mass is 19.4. The van der Waals surface area contributed by atoms with Gasteiger partial charge in [0.2, 0.25) is 5.71 Å². The molecular weight excluding hydrogens is 549 g/mol. The van der Waals surface area contributed by atoms with Crippen LogP contribution in [-0.4, -0.2) is 46.0 Å². The number of likely N-dealkylation sites (N-methyl/N-ethyl adjacent to an activating group) is 2. The molecule has 1 fully saturated rings. The Bertz CT molecular complexity index is 1430. The molecule has 2 heterocycles. The van der Waals surface area contributed by atoms with Crippen LogP contribution in [0.5, 0.6) is 0 Å². The number of benzene rings is 2. The third-order valence-corrected chi connectivity index (χ3v) is 8.98. The van der Waals surface area contributed by atoms with E-state index in [1.807, 2.05) is 0 Å². The third-order valence-electron chi connectivity index (χ3n) is 8.98. The van der Waals surface area contributed by atoms with E-state index in [2.05, 4.69) is 145 Å². The van der Waals surface area contributed by atoms with Crippen molar-refractivity contribution in [3.05, 3.63) is 105 Å². The van der Waals surface area contributed by atoms with Gasteiger partial charge in [0, 0.05) is 58.8 Å². The molecule has 3 nitrogen and oxygen atoms in total. The number of hydrogen-bond donors (Lipinski definition) is 0. The van der Waals surface area contributed by atoms with Crippen LogP contribution >= 0.6 is 0 Å². The van der Waals surface area contributed by atoms with Crippen molar-refractivity contribution in [1.82, 2.24) is 0 Å². The molecule has 2 aromatic rings. The lowest BCUT2D eigenvalue weighted by Crippen LogP contribution is -3.00. The van der Waals surface area contributed by atoms with Gasteiger partial charge in [0.25, 0.3) is 0 Å². The van der Waals surface area contributed by atoms with Gasteiger partial charge in [0.05, 0.1) is 0 Å². The molecule has 0 unspecified atom stereocenters. The first-order valence-corrected chi connectivity index (χ1v) is 14.6. The lowest BCUT2D eigenvalue weighted by molar-refractivity contribution is -0.463. The highest BCUT2D eigenvalue weighted by Gasteiger charge is 2.39. The molecule has 0 saturated heterocycles. The smallest absolute Gasteiger partial charge is 0.762 e. The van der Waals surface area contributed by atoms with Crippen LogP contribution in [-0.2, 0) is 10.8 Å². The maximum absolute atomic E-state index is 9.67. The van der Waals surface area contributed by atoms with Crippen molar-refractivity contribution < 1.29 is 22.2 Å². The summed E-state index contributed by atoms with van der Waals surface area (Å²) in [6.45, 7) is 13.8. The predicted molar refractivity (Wildman–Crippen MR) is 173 cm³/mol. The Labute approximate surface area is 255 Å². The van der Waals surface area contributed by atoms with Gasteiger partial charge in [0.1, 0.15) is 14.1 Å². The zero-order valence-electron chi connectivity index (χ0n) is 27.1. The van der Waals surface area contributed by atoms with Gasteiger partial charge in [-0.05, 0) is 62.1 Å². The van der Waals surface area contributed by atoms with Gasteiger partial charge in [-0.3, -0.25) is 12.9 Å². The second-order valence-corrected chi connectivity index (χ2v) is 12.9. The maximum Gasteiger partial charge on any atom is 0.762 e. The van der Waals surface area contributed by atoms with E-state index in [0.717, 1.165) is 12.8 Å². The molecule has 2 aromatic carbocycles. The Morgan fingerprint density at radius 1 is 0.698 bits per heavy atom. The molecule has 0 atom stereocenters. The van der Waals surface area contributed by atoms with Crippen LogP contribution in [0, 0.1) is 13.8 Å². The van der Waals surface area contributed by atoms with Crippen LogP contribution in [0.3, 0.4) is 0 Å². The molecular formula is C35H44BF4N3.